The summed E-state index contributed by atoms with van der Waals surface area (Å²) in [5.41, 5.74) is 1.92. The van der Waals surface area contributed by atoms with Crippen molar-refractivity contribution in [3.05, 3.63) is 24.0 Å². The molecule has 0 saturated carbocycles. The zero-order valence-electron chi connectivity index (χ0n) is 12.8. The first kappa shape index (κ1) is 16.0. The van der Waals surface area contributed by atoms with Crippen LogP contribution in [0.2, 0.25) is 0 Å². The van der Waals surface area contributed by atoms with Crippen LogP contribution < -0.4 is 4.90 Å². The zero-order valence-corrected chi connectivity index (χ0v) is 12.8. The average Bonchev–Trinajstić information content (AvgIpc) is 2.42. The number of aromatic nitrogens is 1. The van der Waals surface area contributed by atoms with E-state index in [0.717, 1.165) is 17.9 Å². The normalized spacial score (nSPS) is 12.7. The van der Waals surface area contributed by atoms with Crippen LogP contribution >= 0.6 is 0 Å². The maximum atomic E-state index is 9.77. The molecule has 0 aliphatic heterocycles. The van der Waals surface area contributed by atoms with Crippen molar-refractivity contribution in [1.29, 1.82) is 0 Å². The third-order valence-electron chi connectivity index (χ3n) is 3.46. The van der Waals surface area contributed by atoms with Crippen molar-refractivity contribution in [3.63, 3.8) is 0 Å². The molecular weight excluding hydrogens is 236 g/mol. The van der Waals surface area contributed by atoms with Crippen molar-refractivity contribution in [1.82, 2.24) is 4.98 Å². The molecule has 19 heavy (non-hydrogen) atoms. The van der Waals surface area contributed by atoms with Gasteiger partial charge in [-0.2, -0.15) is 0 Å². The monoisotopic (exact) mass is 264 g/mol. The summed E-state index contributed by atoms with van der Waals surface area (Å²) in [6.45, 7) is 9.68. The summed E-state index contributed by atoms with van der Waals surface area (Å²) in [7, 11) is 0. The molecule has 0 spiro atoms. The third kappa shape index (κ3) is 4.83. The first-order valence-corrected chi connectivity index (χ1v) is 7.50. The molecule has 1 atom stereocenters. The first-order valence-electron chi connectivity index (χ1n) is 7.50. The van der Waals surface area contributed by atoms with Gasteiger partial charge in [-0.25, -0.2) is 0 Å². The average molecular weight is 264 g/mol. The van der Waals surface area contributed by atoms with Crippen molar-refractivity contribution in [2.24, 2.45) is 0 Å². The van der Waals surface area contributed by atoms with Gasteiger partial charge in [0.1, 0.15) is 0 Å². The van der Waals surface area contributed by atoms with Gasteiger partial charge in [0.2, 0.25) is 0 Å². The van der Waals surface area contributed by atoms with Crippen LogP contribution in [0.25, 0.3) is 0 Å². The number of rotatable bonds is 8. The fourth-order valence-corrected chi connectivity index (χ4v) is 2.19. The summed E-state index contributed by atoms with van der Waals surface area (Å²) in [6, 6.07) is 4.49. The van der Waals surface area contributed by atoms with Crippen LogP contribution in [0, 0.1) is 0 Å². The molecule has 3 heteroatoms. The highest BCUT2D eigenvalue weighted by molar-refractivity contribution is 5.45. The van der Waals surface area contributed by atoms with Crippen LogP contribution in [0.4, 0.5) is 5.69 Å². The highest BCUT2D eigenvalue weighted by atomic mass is 16.3. The van der Waals surface area contributed by atoms with E-state index < -0.39 is 6.10 Å². The van der Waals surface area contributed by atoms with Gasteiger partial charge in [-0.15, -0.1) is 0 Å². The molecule has 1 rings (SSSR count). The number of aliphatic hydroxyl groups is 1. The SMILES string of the molecule is CCCCCN(c1ccc([C@H](O)CC)nc1)C(C)C. The zero-order chi connectivity index (χ0) is 14.3. The molecule has 0 fully saturated rings. The number of hydrogen-bond acceptors (Lipinski definition) is 3. The Morgan fingerprint density at radius 3 is 2.42 bits per heavy atom. The Balaban J connectivity index is 2.74. The van der Waals surface area contributed by atoms with Gasteiger partial charge in [-0.3, -0.25) is 4.98 Å². The van der Waals surface area contributed by atoms with Crippen molar-refractivity contribution < 1.29 is 5.11 Å². The maximum Gasteiger partial charge on any atom is 0.0957 e. The Kier molecular flexibility index (Phi) is 6.85. The molecule has 1 heterocycles. The first-order chi connectivity index (χ1) is 9.10. The minimum Gasteiger partial charge on any atom is -0.387 e. The van der Waals surface area contributed by atoms with Crippen LogP contribution in [0.1, 0.15) is 65.2 Å². The van der Waals surface area contributed by atoms with Gasteiger partial charge in [0.05, 0.1) is 23.7 Å². The molecule has 0 amide bonds. The molecule has 3 nitrogen and oxygen atoms in total. The number of unbranched alkanes of at least 4 members (excludes halogenated alkanes) is 2. The Hall–Kier alpha value is -1.09. The summed E-state index contributed by atoms with van der Waals surface area (Å²) >= 11 is 0. The fraction of sp³-hybridized carbons (Fsp3) is 0.688. The Morgan fingerprint density at radius 2 is 1.95 bits per heavy atom. The molecule has 0 aliphatic rings. The van der Waals surface area contributed by atoms with E-state index in [4.69, 9.17) is 0 Å². The van der Waals surface area contributed by atoms with E-state index in [0.29, 0.717) is 12.5 Å². The second-order valence-electron chi connectivity index (χ2n) is 5.36. The minimum atomic E-state index is -0.443. The maximum absolute atomic E-state index is 9.77. The standard InChI is InChI=1S/C16H28N2O/c1-5-7-8-11-18(13(3)4)14-9-10-15(17-12-14)16(19)6-2/h9-10,12-13,16,19H,5-8,11H2,1-4H3/t16-/m1/s1. The van der Waals surface area contributed by atoms with Crippen LogP contribution in [-0.4, -0.2) is 22.7 Å². The molecule has 108 valence electrons. The van der Waals surface area contributed by atoms with Crippen LogP contribution in [0.3, 0.4) is 0 Å². The van der Waals surface area contributed by atoms with Gasteiger partial charge in [0, 0.05) is 12.6 Å². The number of nitrogens with zero attached hydrogens (tertiary/aromatic N) is 2. The van der Waals surface area contributed by atoms with Crippen LogP contribution in [0.5, 0.6) is 0 Å². The molecular formula is C16H28N2O. The van der Waals surface area contributed by atoms with Crippen molar-refractivity contribution >= 4 is 5.69 Å². The van der Waals surface area contributed by atoms with E-state index >= 15 is 0 Å². The summed E-state index contributed by atoms with van der Waals surface area (Å²) in [5, 5.41) is 9.77. The highest BCUT2D eigenvalue weighted by Gasteiger charge is 2.12. The van der Waals surface area contributed by atoms with Gasteiger partial charge in [0.15, 0.2) is 0 Å². The topological polar surface area (TPSA) is 36.4 Å². The summed E-state index contributed by atoms with van der Waals surface area (Å²) in [5.74, 6) is 0. The summed E-state index contributed by atoms with van der Waals surface area (Å²) < 4.78 is 0. The van der Waals surface area contributed by atoms with Gasteiger partial charge >= 0.3 is 0 Å². The molecule has 1 aromatic rings. The molecule has 1 aromatic heterocycles. The van der Waals surface area contributed by atoms with E-state index in [1.54, 1.807) is 0 Å². The van der Waals surface area contributed by atoms with E-state index in [9.17, 15) is 5.11 Å². The predicted octanol–water partition coefficient (Wildman–Crippen LogP) is 3.93. The van der Waals surface area contributed by atoms with E-state index in [-0.39, 0.29) is 0 Å². The largest absolute Gasteiger partial charge is 0.387 e. The lowest BCUT2D eigenvalue weighted by atomic mass is 10.1. The highest BCUT2D eigenvalue weighted by Crippen LogP contribution is 2.20. The Morgan fingerprint density at radius 1 is 1.21 bits per heavy atom. The minimum absolute atomic E-state index is 0.443. The predicted molar refractivity (Wildman–Crippen MR) is 81.5 cm³/mol. The van der Waals surface area contributed by atoms with E-state index in [1.165, 1.54) is 19.3 Å². The second kappa shape index (κ2) is 8.16. The quantitative estimate of drug-likeness (QED) is 0.723. The van der Waals surface area contributed by atoms with Gasteiger partial charge < -0.3 is 10.0 Å². The summed E-state index contributed by atoms with van der Waals surface area (Å²) in [6.07, 6.45) is 5.88. The molecule has 0 aromatic carbocycles. The second-order valence-corrected chi connectivity index (χ2v) is 5.36. The molecule has 1 N–H and O–H groups in total. The molecule has 0 aliphatic carbocycles. The number of anilines is 1. The van der Waals surface area contributed by atoms with Gasteiger partial charge in [-0.05, 0) is 38.8 Å². The Bertz CT molecular complexity index is 348. The van der Waals surface area contributed by atoms with E-state index in [2.05, 4.69) is 36.7 Å². The summed E-state index contributed by atoms with van der Waals surface area (Å²) in [4.78, 5) is 6.77. The smallest absolute Gasteiger partial charge is 0.0957 e. The van der Waals surface area contributed by atoms with Crippen molar-refractivity contribution in [2.45, 2.75) is 65.5 Å². The molecule has 0 radical (unpaired) electrons. The van der Waals surface area contributed by atoms with Gasteiger partial charge in [0.25, 0.3) is 0 Å². The number of hydrogen-bond donors (Lipinski definition) is 1. The Labute approximate surface area is 117 Å². The molecule has 0 bridgehead atoms. The van der Waals surface area contributed by atoms with Crippen LogP contribution in [-0.2, 0) is 0 Å². The lowest BCUT2D eigenvalue weighted by Gasteiger charge is -2.29. The number of aliphatic hydroxyl groups excluding tert-OH is 1. The van der Waals surface area contributed by atoms with Crippen molar-refractivity contribution in [3.8, 4) is 0 Å². The molecule has 0 saturated heterocycles. The molecule has 0 unspecified atom stereocenters. The lowest BCUT2D eigenvalue weighted by molar-refractivity contribution is 0.169. The van der Waals surface area contributed by atoms with Crippen LogP contribution in [0.15, 0.2) is 18.3 Å². The number of pyridine rings is 1. The third-order valence-corrected chi connectivity index (χ3v) is 3.46. The van der Waals surface area contributed by atoms with Crippen molar-refractivity contribution in [2.75, 3.05) is 11.4 Å². The van der Waals surface area contributed by atoms with Gasteiger partial charge in [-0.1, -0.05) is 26.7 Å². The van der Waals surface area contributed by atoms with E-state index in [1.807, 2.05) is 19.2 Å². The lowest BCUT2D eigenvalue weighted by Crippen LogP contribution is -2.31. The fourth-order valence-electron chi connectivity index (χ4n) is 2.19.